The summed E-state index contributed by atoms with van der Waals surface area (Å²) in [6.45, 7) is 0.493. The Kier molecular flexibility index (Phi) is 6.28. The van der Waals surface area contributed by atoms with E-state index < -0.39 is 0 Å². The minimum atomic E-state index is -0.253. The molecule has 0 fully saturated rings. The maximum absolute atomic E-state index is 12.9. The van der Waals surface area contributed by atoms with E-state index in [0.29, 0.717) is 23.0 Å². The summed E-state index contributed by atoms with van der Waals surface area (Å²) in [5, 5.41) is 6.62. The fourth-order valence-electron chi connectivity index (χ4n) is 2.35. The molecule has 2 N–H and O–H groups in total. The molecule has 4 nitrogen and oxygen atoms in total. The minimum absolute atomic E-state index is 0.0911. The monoisotopic (exact) mass is 384 g/mol. The molecule has 0 aliphatic rings. The highest BCUT2D eigenvalue weighted by atomic mass is 35.5. The summed E-state index contributed by atoms with van der Waals surface area (Å²) in [6.07, 6.45) is 0. The maximum atomic E-state index is 12.9. The highest BCUT2D eigenvalue weighted by Crippen LogP contribution is 2.17. The number of carbonyl (C=O) groups is 1. The second-order valence-corrected chi connectivity index (χ2v) is 6.28. The third kappa shape index (κ3) is 6.01. The number of hydrogen-bond donors (Lipinski definition) is 2. The van der Waals surface area contributed by atoms with Crippen molar-refractivity contribution in [3.63, 3.8) is 0 Å². The van der Waals surface area contributed by atoms with Crippen molar-refractivity contribution in [1.29, 1.82) is 0 Å². The molecule has 3 rings (SSSR count). The molecule has 0 spiro atoms. The van der Waals surface area contributed by atoms with Gasteiger partial charge in [-0.05, 0) is 66.2 Å². The predicted octanol–water partition coefficient (Wildman–Crippen LogP) is 5.11. The van der Waals surface area contributed by atoms with Crippen LogP contribution in [0.2, 0.25) is 5.02 Å². The van der Waals surface area contributed by atoms with Crippen molar-refractivity contribution in [2.24, 2.45) is 0 Å². The average Bonchev–Trinajstić information content (AvgIpc) is 2.68. The van der Waals surface area contributed by atoms with Crippen LogP contribution in [-0.2, 0) is 11.3 Å². The smallest absolute Gasteiger partial charge is 0.262 e. The summed E-state index contributed by atoms with van der Waals surface area (Å²) in [5.41, 5.74) is 2.55. The highest BCUT2D eigenvalue weighted by molar-refractivity contribution is 6.30. The molecule has 0 aliphatic carbocycles. The zero-order valence-electron chi connectivity index (χ0n) is 14.4. The quantitative estimate of drug-likeness (QED) is 0.595. The molecule has 6 heteroatoms. The zero-order valence-corrected chi connectivity index (χ0v) is 15.2. The van der Waals surface area contributed by atoms with Gasteiger partial charge in [-0.25, -0.2) is 4.39 Å². The van der Waals surface area contributed by atoms with Crippen LogP contribution in [0.4, 0.5) is 15.8 Å². The second kappa shape index (κ2) is 9.05. The van der Waals surface area contributed by atoms with E-state index in [0.717, 1.165) is 11.3 Å². The first kappa shape index (κ1) is 18.7. The minimum Gasteiger partial charge on any atom is -0.484 e. The van der Waals surface area contributed by atoms with Gasteiger partial charge in [-0.1, -0.05) is 23.7 Å². The normalized spacial score (nSPS) is 10.3. The Morgan fingerprint density at radius 2 is 1.52 bits per heavy atom. The van der Waals surface area contributed by atoms with E-state index in [1.165, 1.54) is 12.1 Å². The Morgan fingerprint density at radius 1 is 0.889 bits per heavy atom. The molecule has 1 amide bonds. The van der Waals surface area contributed by atoms with E-state index in [4.69, 9.17) is 16.3 Å². The lowest BCUT2D eigenvalue weighted by Crippen LogP contribution is -2.20. The standard InChI is InChI=1S/C21H18ClFN2O2/c22-16-3-11-20(12-4-16)27-14-21(26)25-19-9-7-18(8-10-19)24-13-15-1-5-17(23)6-2-15/h1-12,24H,13-14H2,(H,25,26). The molecule has 0 saturated carbocycles. The van der Waals surface area contributed by atoms with Crippen molar-refractivity contribution in [2.75, 3.05) is 17.2 Å². The maximum Gasteiger partial charge on any atom is 0.262 e. The van der Waals surface area contributed by atoms with Crippen molar-refractivity contribution in [1.82, 2.24) is 0 Å². The highest BCUT2D eigenvalue weighted by Gasteiger charge is 2.04. The number of halogens is 2. The zero-order chi connectivity index (χ0) is 19.1. The second-order valence-electron chi connectivity index (χ2n) is 5.85. The summed E-state index contributed by atoms with van der Waals surface area (Å²) in [6, 6.07) is 20.5. The molecular formula is C21H18ClFN2O2. The number of hydrogen-bond acceptors (Lipinski definition) is 3. The van der Waals surface area contributed by atoms with E-state index in [2.05, 4.69) is 10.6 Å². The van der Waals surface area contributed by atoms with Gasteiger partial charge in [-0.2, -0.15) is 0 Å². The summed E-state index contributed by atoms with van der Waals surface area (Å²) < 4.78 is 18.3. The molecule has 0 radical (unpaired) electrons. The van der Waals surface area contributed by atoms with E-state index in [1.807, 2.05) is 12.1 Å². The van der Waals surface area contributed by atoms with Crippen LogP contribution in [-0.4, -0.2) is 12.5 Å². The number of carbonyl (C=O) groups excluding carboxylic acids is 1. The van der Waals surface area contributed by atoms with Crippen LogP contribution in [0.5, 0.6) is 5.75 Å². The topological polar surface area (TPSA) is 50.4 Å². The first-order chi connectivity index (χ1) is 13.1. The van der Waals surface area contributed by atoms with Gasteiger partial charge in [-0.15, -0.1) is 0 Å². The van der Waals surface area contributed by atoms with Crippen LogP contribution in [0, 0.1) is 5.82 Å². The average molecular weight is 385 g/mol. The summed E-state index contributed by atoms with van der Waals surface area (Å²) in [7, 11) is 0. The van der Waals surface area contributed by atoms with Gasteiger partial charge in [0.1, 0.15) is 11.6 Å². The van der Waals surface area contributed by atoms with Crippen molar-refractivity contribution in [3.05, 3.63) is 89.2 Å². The Labute approximate surface area is 161 Å². The Bertz CT molecular complexity index is 882. The lowest BCUT2D eigenvalue weighted by atomic mass is 10.2. The molecule has 27 heavy (non-hydrogen) atoms. The number of nitrogens with one attached hydrogen (secondary N) is 2. The van der Waals surface area contributed by atoms with E-state index in [-0.39, 0.29) is 18.3 Å². The van der Waals surface area contributed by atoms with Crippen LogP contribution in [0.25, 0.3) is 0 Å². The molecule has 0 aliphatic heterocycles. The van der Waals surface area contributed by atoms with Crippen molar-refractivity contribution in [2.45, 2.75) is 6.54 Å². The molecule has 0 atom stereocenters. The number of rotatable bonds is 7. The molecule has 0 aromatic heterocycles. The Hall–Kier alpha value is -3.05. The number of amides is 1. The fourth-order valence-corrected chi connectivity index (χ4v) is 2.48. The first-order valence-corrected chi connectivity index (χ1v) is 8.73. The largest absolute Gasteiger partial charge is 0.484 e. The molecule has 0 bridgehead atoms. The van der Waals surface area contributed by atoms with Crippen molar-refractivity contribution < 1.29 is 13.9 Å². The van der Waals surface area contributed by atoms with E-state index in [9.17, 15) is 9.18 Å². The van der Waals surface area contributed by atoms with E-state index in [1.54, 1.807) is 48.5 Å². The summed E-state index contributed by atoms with van der Waals surface area (Å²) >= 11 is 5.80. The SMILES string of the molecule is O=C(COc1ccc(Cl)cc1)Nc1ccc(NCc2ccc(F)cc2)cc1. The van der Waals surface area contributed by atoms with Gasteiger partial charge in [0.2, 0.25) is 0 Å². The van der Waals surface area contributed by atoms with Gasteiger partial charge in [0.15, 0.2) is 6.61 Å². The van der Waals surface area contributed by atoms with Crippen LogP contribution in [0.1, 0.15) is 5.56 Å². The lowest BCUT2D eigenvalue weighted by molar-refractivity contribution is -0.118. The Morgan fingerprint density at radius 3 is 2.19 bits per heavy atom. The van der Waals surface area contributed by atoms with Gasteiger partial charge in [0, 0.05) is 22.9 Å². The van der Waals surface area contributed by atoms with Gasteiger partial charge >= 0.3 is 0 Å². The van der Waals surface area contributed by atoms with Gasteiger partial charge in [0.25, 0.3) is 5.91 Å². The van der Waals surface area contributed by atoms with Gasteiger partial charge in [-0.3, -0.25) is 4.79 Å². The Balaban J connectivity index is 1.45. The third-order valence-corrected chi connectivity index (χ3v) is 4.01. The fraction of sp³-hybridized carbons (Fsp3) is 0.0952. The van der Waals surface area contributed by atoms with Gasteiger partial charge < -0.3 is 15.4 Å². The molecule has 138 valence electrons. The summed E-state index contributed by atoms with van der Waals surface area (Å²) in [5.74, 6) is 0.0748. The van der Waals surface area contributed by atoms with Gasteiger partial charge in [0.05, 0.1) is 0 Å². The first-order valence-electron chi connectivity index (χ1n) is 8.35. The lowest BCUT2D eigenvalue weighted by Gasteiger charge is -2.10. The van der Waals surface area contributed by atoms with Crippen LogP contribution in [0.15, 0.2) is 72.8 Å². The molecule has 0 heterocycles. The molecule has 3 aromatic carbocycles. The third-order valence-electron chi connectivity index (χ3n) is 3.76. The molecule has 0 saturated heterocycles. The summed E-state index contributed by atoms with van der Waals surface area (Å²) in [4.78, 5) is 12.0. The predicted molar refractivity (Wildman–Crippen MR) is 106 cm³/mol. The van der Waals surface area contributed by atoms with Crippen LogP contribution < -0.4 is 15.4 Å². The molecular weight excluding hydrogens is 367 g/mol. The number of anilines is 2. The van der Waals surface area contributed by atoms with Crippen molar-refractivity contribution in [3.8, 4) is 5.75 Å². The number of ether oxygens (including phenoxy) is 1. The molecule has 0 unspecified atom stereocenters. The van der Waals surface area contributed by atoms with E-state index >= 15 is 0 Å². The van der Waals surface area contributed by atoms with Crippen LogP contribution in [0.3, 0.4) is 0 Å². The molecule has 3 aromatic rings. The van der Waals surface area contributed by atoms with Crippen LogP contribution >= 0.6 is 11.6 Å². The van der Waals surface area contributed by atoms with Crippen molar-refractivity contribution >= 4 is 28.9 Å². The number of benzene rings is 3.